The molecule has 0 spiro atoms. The molecule has 0 bridgehead atoms. The summed E-state index contributed by atoms with van der Waals surface area (Å²) >= 11 is 0. The van der Waals surface area contributed by atoms with Crippen LogP contribution in [0.25, 0.3) is 127 Å². The first kappa shape index (κ1) is 44.3. The summed E-state index contributed by atoms with van der Waals surface area (Å²) in [5.41, 5.74) is 25.1. The van der Waals surface area contributed by atoms with Crippen molar-refractivity contribution in [3.8, 4) is 61.6 Å². The second-order valence-corrected chi connectivity index (χ2v) is 21.1. The van der Waals surface area contributed by atoms with Crippen molar-refractivity contribution in [1.29, 1.82) is 0 Å². The highest BCUT2D eigenvalue weighted by molar-refractivity contribution is 6.13. The molecule has 1 atom stereocenters. The summed E-state index contributed by atoms with van der Waals surface area (Å²) in [6, 6.07) is 103. The van der Waals surface area contributed by atoms with Gasteiger partial charge < -0.3 is 13.7 Å². The van der Waals surface area contributed by atoms with Gasteiger partial charge in [0, 0.05) is 55.3 Å². The van der Waals surface area contributed by atoms with E-state index in [4.69, 9.17) is 0 Å². The van der Waals surface area contributed by atoms with Gasteiger partial charge in [-0.3, -0.25) is 0 Å². The molecule has 1 unspecified atom stereocenters. The van der Waals surface area contributed by atoms with Gasteiger partial charge in [-0.15, -0.1) is 0 Å². The highest BCUT2D eigenvalue weighted by Gasteiger charge is 2.29. The maximum atomic E-state index is 2.44. The molecule has 16 rings (SSSR count). The molecule has 0 radical (unpaired) electrons. The van der Waals surface area contributed by atoms with Crippen LogP contribution >= 0.6 is 0 Å². The Hall–Kier alpha value is -9.96. The molecule has 0 fully saturated rings. The third-order valence-electron chi connectivity index (χ3n) is 16.9. The van der Waals surface area contributed by atoms with Crippen molar-refractivity contribution < 1.29 is 0 Å². The molecule has 78 heavy (non-hydrogen) atoms. The van der Waals surface area contributed by atoms with Crippen LogP contribution in [-0.4, -0.2) is 13.7 Å². The van der Waals surface area contributed by atoms with Gasteiger partial charge in [-0.1, -0.05) is 182 Å². The van der Waals surface area contributed by atoms with Crippen LogP contribution in [0.2, 0.25) is 0 Å². The first-order valence-corrected chi connectivity index (χ1v) is 27.3. The zero-order valence-corrected chi connectivity index (χ0v) is 42.9. The standard InChI is InChI=1S/C75H51N3/c1-3-15-56(16-4-1)76-70-24-12-9-21-63(70)67-46-53(35-42-73(67)76)52-34-41-62-61(59-19-7-8-20-60(59)66(62)45-52)40-29-49-27-30-50(31-28-49)51-32-38-58(39-33-51)78-72-26-14-11-23-65(72)69-48-55(37-44-75(69)78)54-36-43-74-68(47-54)64-22-10-13-25-71(64)77(74)57-17-5-2-6-18-57/h1-28,30-39,41-48,61H,29,40H2. The molecule has 0 saturated heterocycles. The highest BCUT2D eigenvalue weighted by Crippen LogP contribution is 2.49. The van der Waals surface area contributed by atoms with Crippen molar-refractivity contribution in [2.24, 2.45) is 0 Å². The normalized spacial score (nSPS) is 13.1. The zero-order valence-electron chi connectivity index (χ0n) is 42.9. The molecule has 15 aromatic rings. The Morgan fingerprint density at radius 1 is 0.244 bits per heavy atom. The zero-order chi connectivity index (χ0) is 51.3. The number of para-hydroxylation sites is 5. The molecule has 1 aliphatic carbocycles. The Kier molecular flexibility index (Phi) is 10.1. The van der Waals surface area contributed by atoms with Crippen molar-refractivity contribution in [2.75, 3.05) is 0 Å². The van der Waals surface area contributed by atoms with E-state index in [9.17, 15) is 0 Å². The lowest BCUT2D eigenvalue weighted by atomic mass is 9.89. The van der Waals surface area contributed by atoms with E-state index in [2.05, 4.69) is 293 Å². The van der Waals surface area contributed by atoms with Gasteiger partial charge in [0.25, 0.3) is 0 Å². The average molecular weight is 994 g/mol. The van der Waals surface area contributed by atoms with E-state index in [0.717, 1.165) is 18.5 Å². The molecule has 0 saturated carbocycles. The summed E-state index contributed by atoms with van der Waals surface area (Å²) in [5.74, 6) is 0.347. The number of fused-ring (bicyclic) bond motifs is 12. The van der Waals surface area contributed by atoms with E-state index >= 15 is 0 Å². The topological polar surface area (TPSA) is 14.8 Å². The summed E-state index contributed by atoms with van der Waals surface area (Å²) in [6.07, 6.45) is 2.06. The molecular weight excluding hydrogens is 943 g/mol. The number of nitrogens with zero attached hydrogens (tertiary/aromatic N) is 3. The minimum absolute atomic E-state index is 0.347. The van der Waals surface area contributed by atoms with Gasteiger partial charge in [-0.25, -0.2) is 0 Å². The highest BCUT2D eigenvalue weighted by atomic mass is 15.0. The lowest BCUT2D eigenvalue weighted by molar-refractivity contribution is 0.729. The smallest absolute Gasteiger partial charge is 0.0541 e. The van der Waals surface area contributed by atoms with Crippen molar-refractivity contribution in [1.82, 2.24) is 13.7 Å². The third kappa shape index (κ3) is 7.05. The van der Waals surface area contributed by atoms with Crippen LogP contribution in [0.5, 0.6) is 0 Å². The van der Waals surface area contributed by atoms with E-state index in [1.54, 1.807) is 0 Å². The average Bonchev–Trinajstić information content (AvgIpc) is 4.45. The fourth-order valence-corrected chi connectivity index (χ4v) is 13.2. The Bertz CT molecular complexity index is 4820. The third-order valence-corrected chi connectivity index (χ3v) is 16.9. The monoisotopic (exact) mass is 993 g/mol. The number of benzene rings is 12. The van der Waals surface area contributed by atoms with Crippen LogP contribution in [0.4, 0.5) is 0 Å². The summed E-state index contributed by atoms with van der Waals surface area (Å²) < 4.78 is 7.19. The van der Waals surface area contributed by atoms with Gasteiger partial charge in [0.15, 0.2) is 0 Å². The minimum atomic E-state index is 0.347. The molecule has 0 amide bonds. The maximum absolute atomic E-state index is 2.44. The minimum Gasteiger partial charge on any atom is -0.309 e. The Morgan fingerprint density at radius 3 is 1.10 bits per heavy atom. The van der Waals surface area contributed by atoms with Crippen LogP contribution in [-0.2, 0) is 6.42 Å². The van der Waals surface area contributed by atoms with E-state index < -0.39 is 0 Å². The number of hydrogen-bond acceptors (Lipinski definition) is 0. The molecule has 3 heteroatoms. The van der Waals surface area contributed by atoms with Crippen molar-refractivity contribution in [2.45, 2.75) is 18.8 Å². The summed E-state index contributed by atoms with van der Waals surface area (Å²) in [7, 11) is 0. The quantitative estimate of drug-likeness (QED) is 0.137. The molecule has 0 N–H and O–H groups in total. The molecule has 3 aromatic heterocycles. The lowest BCUT2D eigenvalue weighted by Crippen LogP contribution is -1.99. The molecule has 3 nitrogen and oxygen atoms in total. The number of aryl methyl sites for hydroxylation is 1. The molecule has 3 heterocycles. The van der Waals surface area contributed by atoms with Gasteiger partial charge in [-0.2, -0.15) is 0 Å². The van der Waals surface area contributed by atoms with E-state index in [0.29, 0.717) is 5.92 Å². The fourth-order valence-electron chi connectivity index (χ4n) is 13.2. The van der Waals surface area contributed by atoms with Crippen LogP contribution in [0.3, 0.4) is 0 Å². The summed E-state index contributed by atoms with van der Waals surface area (Å²) in [6.45, 7) is 0. The molecule has 0 aliphatic heterocycles. The predicted molar refractivity (Wildman–Crippen MR) is 328 cm³/mol. The molecular formula is C75H51N3. The van der Waals surface area contributed by atoms with Crippen LogP contribution < -0.4 is 0 Å². The number of aromatic nitrogens is 3. The molecule has 366 valence electrons. The Morgan fingerprint density at radius 2 is 0.603 bits per heavy atom. The van der Waals surface area contributed by atoms with Gasteiger partial charge in [0.05, 0.1) is 33.1 Å². The van der Waals surface area contributed by atoms with Crippen molar-refractivity contribution in [3.05, 3.63) is 296 Å². The van der Waals surface area contributed by atoms with Gasteiger partial charge in [0.1, 0.15) is 0 Å². The van der Waals surface area contributed by atoms with Crippen molar-refractivity contribution in [3.63, 3.8) is 0 Å². The summed E-state index contributed by atoms with van der Waals surface area (Å²) in [5, 5.41) is 7.58. The van der Waals surface area contributed by atoms with E-state index in [1.165, 1.54) is 138 Å². The van der Waals surface area contributed by atoms with Crippen LogP contribution in [0.1, 0.15) is 29.0 Å². The van der Waals surface area contributed by atoms with Gasteiger partial charge in [-0.05, 0) is 171 Å². The van der Waals surface area contributed by atoms with Crippen LogP contribution in [0, 0.1) is 0 Å². The van der Waals surface area contributed by atoms with E-state index in [-0.39, 0.29) is 0 Å². The first-order chi connectivity index (χ1) is 38.7. The number of rotatable bonds is 9. The maximum Gasteiger partial charge on any atom is 0.0541 e. The second kappa shape index (κ2) is 17.8. The van der Waals surface area contributed by atoms with Gasteiger partial charge in [0.2, 0.25) is 0 Å². The lowest BCUT2D eigenvalue weighted by Gasteiger charge is -2.15. The van der Waals surface area contributed by atoms with E-state index in [1.807, 2.05) is 0 Å². The predicted octanol–water partition coefficient (Wildman–Crippen LogP) is 19.7. The second-order valence-electron chi connectivity index (χ2n) is 21.1. The Balaban J connectivity index is 0.657. The fraction of sp³-hybridized carbons (Fsp3) is 0.0400. The Labute approximate surface area is 452 Å². The summed E-state index contributed by atoms with van der Waals surface area (Å²) in [4.78, 5) is 0. The number of hydrogen-bond donors (Lipinski definition) is 0. The first-order valence-electron chi connectivity index (χ1n) is 27.3. The van der Waals surface area contributed by atoms with Crippen molar-refractivity contribution >= 4 is 65.4 Å². The molecule has 1 aliphatic rings. The van der Waals surface area contributed by atoms with Crippen LogP contribution in [0.15, 0.2) is 279 Å². The largest absolute Gasteiger partial charge is 0.309 e. The van der Waals surface area contributed by atoms with Gasteiger partial charge >= 0.3 is 0 Å². The SMILES string of the molecule is c1ccc(-n2c3ccccc3c3cc(-c4ccc5c(c4)-c4ccccc4C5CCc4ccc(-c5ccc(-n6c7ccccc7c7cc(-c8ccc9c(c8)c8ccccc8n9-c8ccccc8)ccc76)cc5)cc4)ccc32)cc1. The molecule has 12 aromatic carbocycles.